The van der Waals surface area contributed by atoms with Gasteiger partial charge in [-0.2, -0.15) is 0 Å². The van der Waals surface area contributed by atoms with Gasteiger partial charge in [0.25, 0.3) is 5.91 Å². The van der Waals surface area contributed by atoms with Gasteiger partial charge in [-0.15, -0.1) is 11.3 Å². The fourth-order valence-electron chi connectivity index (χ4n) is 7.23. The molecule has 3 atom stereocenters. The number of benzene rings is 2. The number of nitrogens with zero attached hydrogens (tertiary/aromatic N) is 3. The monoisotopic (exact) mass is 794 g/mol. The quantitative estimate of drug-likeness (QED) is 0.140. The van der Waals surface area contributed by atoms with E-state index in [-0.39, 0.29) is 36.4 Å². The molecule has 15 heteroatoms. The number of primary amides is 1. The number of alkyl halides is 3. The molecule has 3 aromatic rings. The van der Waals surface area contributed by atoms with Crippen molar-refractivity contribution in [1.29, 1.82) is 0 Å². The normalized spacial score (nSPS) is 20.6. The smallest absolute Gasteiger partial charge is 0.363 e. The molecular formula is C39H54F3N4O6PS. The fourth-order valence-corrected chi connectivity index (χ4v) is 8.67. The van der Waals surface area contributed by atoms with Crippen molar-refractivity contribution in [1.82, 2.24) is 14.7 Å². The second-order valence-electron chi connectivity index (χ2n) is 14.7. The molecule has 7 rings (SSSR count). The van der Waals surface area contributed by atoms with E-state index in [2.05, 4.69) is 11.8 Å². The van der Waals surface area contributed by atoms with Gasteiger partial charge in [0.2, 0.25) is 24.2 Å². The maximum absolute atomic E-state index is 13.5. The fraction of sp³-hybridized carbons (Fsp3) is 0.564. The summed E-state index contributed by atoms with van der Waals surface area (Å²) in [6, 6.07) is 17.8. The summed E-state index contributed by atoms with van der Waals surface area (Å²) in [6.45, 7) is 4.90. The topological polar surface area (TPSA) is 144 Å². The molecular weight excluding hydrogens is 740 g/mol. The number of nitrogens with two attached hydrogens (primary N) is 1. The van der Waals surface area contributed by atoms with E-state index in [0.717, 1.165) is 63.1 Å². The molecule has 1 aromatic heterocycles. The highest BCUT2D eigenvalue weighted by atomic mass is 32.1. The van der Waals surface area contributed by atoms with Crippen LogP contribution in [-0.2, 0) is 14.2 Å². The number of fused-ring (bicyclic) bond motifs is 1. The predicted molar refractivity (Wildman–Crippen MR) is 206 cm³/mol. The first-order valence-corrected chi connectivity index (χ1v) is 21.2. The molecule has 10 nitrogen and oxygen atoms in total. The Morgan fingerprint density at radius 3 is 2.15 bits per heavy atom. The first-order valence-electron chi connectivity index (χ1n) is 18.7. The molecule has 2 saturated heterocycles. The lowest BCUT2D eigenvalue weighted by Crippen LogP contribution is -2.38. The van der Waals surface area contributed by atoms with Crippen LogP contribution in [-0.4, -0.2) is 92.9 Å². The van der Waals surface area contributed by atoms with Crippen LogP contribution in [0.4, 0.5) is 13.2 Å². The van der Waals surface area contributed by atoms with Crippen molar-refractivity contribution in [3.8, 4) is 0 Å². The van der Waals surface area contributed by atoms with Gasteiger partial charge in [-0.3, -0.25) is 18.9 Å². The van der Waals surface area contributed by atoms with Gasteiger partial charge in [-0.1, -0.05) is 42.5 Å². The van der Waals surface area contributed by atoms with Gasteiger partial charge in [-0.25, -0.2) is 13.2 Å². The van der Waals surface area contributed by atoms with Crippen molar-refractivity contribution >= 4 is 47.2 Å². The first kappa shape index (κ1) is 43.4. The van der Waals surface area contributed by atoms with E-state index in [0.29, 0.717) is 33.3 Å². The van der Waals surface area contributed by atoms with Crippen LogP contribution in [0.15, 0.2) is 60.7 Å². The summed E-state index contributed by atoms with van der Waals surface area (Å²) in [5, 5.41) is 0.530. The minimum Gasteiger partial charge on any atom is -0.365 e. The average molecular weight is 795 g/mol. The first-order chi connectivity index (χ1) is 25.5. The van der Waals surface area contributed by atoms with E-state index in [1.807, 2.05) is 53.2 Å². The van der Waals surface area contributed by atoms with E-state index in [1.165, 1.54) is 49.9 Å². The Balaban J connectivity index is 0.000000176. The molecule has 4 fully saturated rings. The predicted octanol–water partition coefficient (Wildman–Crippen LogP) is 7.89. The van der Waals surface area contributed by atoms with Crippen LogP contribution in [0, 0.1) is 0 Å². The molecule has 1 spiro atoms. The number of carbonyl (C=O) groups excluding carboxylic acids is 3. The number of hydrogen-bond donors (Lipinski definition) is 3. The van der Waals surface area contributed by atoms with E-state index in [4.69, 9.17) is 15.5 Å². The number of thiophene rings is 1. The second-order valence-corrected chi connectivity index (χ2v) is 17.4. The van der Waals surface area contributed by atoms with Gasteiger partial charge in [-0.05, 0) is 101 Å². The summed E-state index contributed by atoms with van der Waals surface area (Å²) in [4.78, 5) is 57.2. The third-order valence-electron chi connectivity index (χ3n) is 10.7. The molecule has 298 valence electrons. The summed E-state index contributed by atoms with van der Waals surface area (Å²) >= 11 is 1.14. The SMILES string of the molecule is CC(CCCC(=O)N1CCCC1)N(C)C1CCC(F)(F)C1.NC(=O)c1cc2cc(C(F)P(=O)(O)O)ccc2s1.O=CN1CCCC12CC2.c1ccccc1. The molecule has 54 heavy (non-hydrogen) atoms. The number of rotatable bonds is 10. The van der Waals surface area contributed by atoms with Crippen molar-refractivity contribution in [2.45, 2.75) is 113 Å². The van der Waals surface area contributed by atoms with Crippen molar-refractivity contribution in [3.63, 3.8) is 0 Å². The number of carbonyl (C=O) groups is 3. The number of likely N-dealkylation sites (tertiary alicyclic amines) is 2. The van der Waals surface area contributed by atoms with Crippen molar-refractivity contribution in [2.24, 2.45) is 5.73 Å². The Labute approximate surface area is 320 Å². The zero-order valence-electron chi connectivity index (χ0n) is 31.1. The molecule has 3 amide bonds. The lowest BCUT2D eigenvalue weighted by atomic mass is 10.1. The van der Waals surface area contributed by atoms with E-state index < -0.39 is 25.3 Å². The largest absolute Gasteiger partial charge is 0.365 e. The van der Waals surface area contributed by atoms with Crippen LogP contribution >= 0.6 is 18.9 Å². The molecule has 4 N–H and O–H groups in total. The van der Waals surface area contributed by atoms with Gasteiger partial charge in [0.1, 0.15) is 0 Å². The number of halogens is 3. The van der Waals surface area contributed by atoms with Crippen LogP contribution in [0.5, 0.6) is 0 Å². The lowest BCUT2D eigenvalue weighted by molar-refractivity contribution is -0.130. The molecule has 2 aromatic carbocycles. The molecule has 4 aliphatic rings. The summed E-state index contributed by atoms with van der Waals surface area (Å²) < 4.78 is 51.6. The third-order valence-corrected chi connectivity index (χ3v) is 12.8. The Hall–Kier alpha value is -3.29. The van der Waals surface area contributed by atoms with Gasteiger partial charge in [0.05, 0.1) is 4.88 Å². The van der Waals surface area contributed by atoms with Gasteiger partial charge < -0.3 is 30.2 Å². The molecule has 0 radical (unpaired) electrons. The third kappa shape index (κ3) is 12.6. The van der Waals surface area contributed by atoms with Crippen molar-refractivity contribution in [3.05, 3.63) is 71.1 Å². The highest BCUT2D eigenvalue weighted by Crippen LogP contribution is 2.53. The molecule has 0 bridgehead atoms. The summed E-state index contributed by atoms with van der Waals surface area (Å²) in [6.07, 6.45) is 11.2. The maximum atomic E-state index is 13.5. The second kappa shape index (κ2) is 19.5. The Morgan fingerprint density at radius 1 is 1.02 bits per heavy atom. The van der Waals surface area contributed by atoms with E-state index >= 15 is 0 Å². The van der Waals surface area contributed by atoms with Gasteiger partial charge in [0.15, 0.2) is 0 Å². The van der Waals surface area contributed by atoms with Crippen LogP contribution in [0.3, 0.4) is 0 Å². The lowest BCUT2D eigenvalue weighted by Gasteiger charge is -2.30. The summed E-state index contributed by atoms with van der Waals surface area (Å²) in [5.74, 6) is -5.18. The maximum Gasteiger partial charge on any atom is 0.363 e. The van der Waals surface area contributed by atoms with Gasteiger partial charge in [0, 0.05) is 61.2 Å². The van der Waals surface area contributed by atoms with Crippen molar-refractivity contribution in [2.75, 3.05) is 26.7 Å². The summed E-state index contributed by atoms with van der Waals surface area (Å²) in [5.41, 5.74) is 5.37. The van der Waals surface area contributed by atoms with E-state index in [1.54, 1.807) is 0 Å². The highest BCUT2D eigenvalue weighted by molar-refractivity contribution is 7.51. The number of hydrogen-bond acceptors (Lipinski definition) is 6. The van der Waals surface area contributed by atoms with Crippen LogP contribution in [0.1, 0.15) is 105 Å². The molecule has 2 aliphatic carbocycles. The van der Waals surface area contributed by atoms with E-state index in [9.17, 15) is 32.1 Å². The van der Waals surface area contributed by atoms with Crippen LogP contribution in [0.2, 0.25) is 0 Å². The molecule has 2 saturated carbocycles. The minimum atomic E-state index is -4.82. The molecule has 3 heterocycles. The Bertz CT molecular complexity index is 1690. The Kier molecular flexibility index (Phi) is 15.7. The zero-order valence-corrected chi connectivity index (χ0v) is 32.8. The van der Waals surface area contributed by atoms with Crippen LogP contribution in [0.25, 0.3) is 10.1 Å². The molecule has 2 aliphatic heterocycles. The highest BCUT2D eigenvalue weighted by Gasteiger charge is 2.50. The minimum absolute atomic E-state index is 0.00992. The van der Waals surface area contributed by atoms with Gasteiger partial charge >= 0.3 is 7.60 Å². The standard InChI is InChI=1S/C16H28F2N2O.C10H9FNO4PS.C7H11NO.C6H6/c1-13(19(2)14-8-9-16(17,18)12-14)6-5-7-15(21)20-10-3-4-11-20;11-9(17(14,15)16)5-1-2-7-6(3-5)4-8(18-7)10(12)13;9-6-8-5-1-2-7(8)3-4-7;1-2-4-6-5-3-1/h13-14H,3-12H2,1-2H3;1-4,9H,(H2,12,13)(H2,14,15,16);6H,1-5H2;1-6H. The number of amides is 3. The molecule has 3 unspecified atom stereocenters. The summed E-state index contributed by atoms with van der Waals surface area (Å²) in [7, 11) is -2.88. The average Bonchev–Trinajstić information content (AvgIpc) is 3.60. The van der Waals surface area contributed by atoms with Crippen LogP contribution < -0.4 is 5.73 Å². The Morgan fingerprint density at radius 2 is 1.65 bits per heavy atom. The van der Waals surface area contributed by atoms with Crippen molar-refractivity contribution < 1.29 is 41.9 Å². The zero-order chi connectivity index (χ0) is 39.5.